The first-order valence-corrected chi connectivity index (χ1v) is 10.3. The van der Waals surface area contributed by atoms with Crippen LogP contribution in [0.25, 0.3) is 10.2 Å². The molecule has 0 radical (unpaired) electrons. The van der Waals surface area contributed by atoms with Gasteiger partial charge in [-0.25, -0.2) is 18.4 Å². The van der Waals surface area contributed by atoms with Crippen LogP contribution < -0.4 is 5.32 Å². The lowest BCUT2D eigenvalue weighted by Gasteiger charge is -2.10. The van der Waals surface area contributed by atoms with Gasteiger partial charge >= 0.3 is 0 Å². The van der Waals surface area contributed by atoms with Crippen molar-refractivity contribution >= 4 is 37.2 Å². The predicted molar refractivity (Wildman–Crippen MR) is 98.5 cm³/mol. The quantitative estimate of drug-likeness (QED) is 0.768. The molecule has 0 spiro atoms. The second kappa shape index (κ2) is 6.14. The van der Waals surface area contributed by atoms with Crippen molar-refractivity contribution in [1.29, 1.82) is 0 Å². The highest BCUT2D eigenvalue weighted by Gasteiger charge is 2.12. The summed E-state index contributed by atoms with van der Waals surface area (Å²) in [5.41, 5.74) is 2.92. The van der Waals surface area contributed by atoms with E-state index in [0.29, 0.717) is 11.4 Å². The minimum atomic E-state index is -3.19. The third-order valence-corrected chi connectivity index (χ3v) is 6.08. The maximum absolute atomic E-state index is 11.7. The van der Waals surface area contributed by atoms with Gasteiger partial charge in [-0.1, -0.05) is 12.1 Å². The van der Waals surface area contributed by atoms with Crippen molar-refractivity contribution in [3.8, 4) is 0 Å². The molecule has 0 aliphatic heterocycles. The van der Waals surface area contributed by atoms with Crippen LogP contribution in [0.15, 0.2) is 28.5 Å². The molecule has 0 aliphatic rings. The molecule has 0 aliphatic carbocycles. The summed E-state index contributed by atoms with van der Waals surface area (Å²) in [7, 11) is -3.19. The van der Waals surface area contributed by atoms with Crippen LogP contribution in [0, 0.1) is 20.8 Å². The number of thiophene rings is 1. The van der Waals surface area contributed by atoms with Crippen molar-refractivity contribution in [3.63, 3.8) is 0 Å². The largest absolute Gasteiger partial charge is 0.365 e. The third kappa shape index (κ3) is 3.27. The van der Waals surface area contributed by atoms with Crippen LogP contribution in [0.1, 0.15) is 22.5 Å². The lowest BCUT2D eigenvalue weighted by Crippen LogP contribution is -2.06. The number of fused-ring (bicyclic) bond motifs is 1. The van der Waals surface area contributed by atoms with E-state index in [1.54, 1.807) is 17.4 Å². The first-order valence-electron chi connectivity index (χ1n) is 7.51. The second-order valence-corrected chi connectivity index (χ2v) is 8.79. The Labute approximate surface area is 145 Å². The molecule has 0 bridgehead atoms. The minimum Gasteiger partial charge on any atom is -0.365 e. The summed E-state index contributed by atoms with van der Waals surface area (Å²) in [6.45, 7) is 6.32. The van der Waals surface area contributed by atoms with Crippen molar-refractivity contribution in [2.24, 2.45) is 0 Å². The number of aryl methyl sites for hydroxylation is 3. The van der Waals surface area contributed by atoms with Crippen molar-refractivity contribution in [3.05, 3.63) is 46.1 Å². The van der Waals surface area contributed by atoms with E-state index in [0.717, 1.165) is 38.5 Å². The number of nitrogens with zero attached hydrogens (tertiary/aromatic N) is 2. The Balaban J connectivity index is 1.89. The highest BCUT2D eigenvalue weighted by atomic mass is 32.2. The molecule has 3 aromatic rings. The van der Waals surface area contributed by atoms with Crippen LogP contribution in [0.5, 0.6) is 0 Å². The van der Waals surface area contributed by atoms with Gasteiger partial charge in [0.25, 0.3) is 0 Å². The standard InChI is InChI=1S/C17H19N3O2S2/c1-10-7-13(5-6-14(10)24(4,21)22)8-18-16-15-11(2)9-23-17(15)20-12(3)19-16/h5-7,9H,8H2,1-4H3,(H,18,19,20). The van der Waals surface area contributed by atoms with Crippen molar-refractivity contribution in [2.45, 2.75) is 32.2 Å². The number of rotatable bonds is 4. The van der Waals surface area contributed by atoms with Gasteiger partial charge in [-0.05, 0) is 48.9 Å². The zero-order valence-corrected chi connectivity index (χ0v) is 15.7. The molecular formula is C17H19N3O2S2. The number of hydrogen-bond acceptors (Lipinski definition) is 6. The van der Waals surface area contributed by atoms with Crippen LogP contribution in [0.2, 0.25) is 0 Å². The molecule has 0 saturated heterocycles. The van der Waals surface area contributed by atoms with Crippen LogP contribution >= 0.6 is 11.3 Å². The summed E-state index contributed by atoms with van der Waals surface area (Å²) in [6.07, 6.45) is 1.23. The molecule has 3 rings (SSSR count). The summed E-state index contributed by atoms with van der Waals surface area (Å²) in [6, 6.07) is 5.40. The fourth-order valence-corrected chi connectivity index (χ4v) is 4.67. The summed E-state index contributed by atoms with van der Waals surface area (Å²) in [5, 5.41) is 6.49. The number of hydrogen-bond donors (Lipinski definition) is 1. The van der Waals surface area contributed by atoms with Crippen molar-refractivity contribution in [2.75, 3.05) is 11.6 Å². The number of nitrogens with one attached hydrogen (secondary N) is 1. The van der Waals surface area contributed by atoms with Crippen LogP contribution in [-0.4, -0.2) is 24.6 Å². The molecule has 2 heterocycles. The number of aromatic nitrogens is 2. The molecule has 0 unspecified atom stereocenters. The Morgan fingerprint density at radius 1 is 1.12 bits per heavy atom. The highest BCUT2D eigenvalue weighted by Crippen LogP contribution is 2.29. The molecular weight excluding hydrogens is 342 g/mol. The number of benzene rings is 1. The summed E-state index contributed by atoms with van der Waals surface area (Å²) < 4.78 is 23.4. The molecule has 0 atom stereocenters. The first-order chi connectivity index (χ1) is 11.3. The third-order valence-electron chi connectivity index (χ3n) is 3.83. The molecule has 0 amide bonds. The zero-order valence-electron chi connectivity index (χ0n) is 14.0. The molecule has 1 N–H and O–H groups in total. The van der Waals surface area contributed by atoms with Gasteiger partial charge in [0.1, 0.15) is 16.5 Å². The average molecular weight is 361 g/mol. The smallest absolute Gasteiger partial charge is 0.175 e. The van der Waals surface area contributed by atoms with Crippen LogP contribution in [0.3, 0.4) is 0 Å². The van der Waals surface area contributed by atoms with E-state index in [2.05, 4.69) is 20.7 Å². The van der Waals surface area contributed by atoms with Gasteiger partial charge in [-0.15, -0.1) is 11.3 Å². The van der Waals surface area contributed by atoms with E-state index in [9.17, 15) is 8.42 Å². The lowest BCUT2D eigenvalue weighted by molar-refractivity contribution is 0.601. The number of sulfone groups is 1. The maximum atomic E-state index is 11.7. The molecule has 5 nitrogen and oxygen atoms in total. The second-order valence-electron chi connectivity index (χ2n) is 5.94. The molecule has 24 heavy (non-hydrogen) atoms. The van der Waals surface area contributed by atoms with Crippen molar-refractivity contribution in [1.82, 2.24) is 9.97 Å². The fourth-order valence-electron chi connectivity index (χ4n) is 2.74. The highest BCUT2D eigenvalue weighted by molar-refractivity contribution is 7.90. The topological polar surface area (TPSA) is 72.0 Å². The maximum Gasteiger partial charge on any atom is 0.175 e. The lowest BCUT2D eigenvalue weighted by atomic mass is 10.1. The molecule has 1 aromatic carbocycles. The van der Waals surface area contributed by atoms with Crippen LogP contribution in [0.4, 0.5) is 5.82 Å². The van der Waals surface area contributed by atoms with Gasteiger partial charge in [-0.3, -0.25) is 0 Å². The van der Waals surface area contributed by atoms with E-state index < -0.39 is 9.84 Å². The first kappa shape index (κ1) is 16.9. The Hall–Kier alpha value is -1.99. The summed E-state index contributed by atoms with van der Waals surface area (Å²) in [5.74, 6) is 1.55. The molecule has 7 heteroatoms. The average Bonchev–Trinajstić information content (AvgIpc) is 2.84. The summed E-state index contributed by atoms with van der Waals surface area (Å²) in [4.78, 5) is 10.3. The van der Waals surface area contributed by atoms with Gasteiger partial charge in [-0.2, -0.15) is 0 Å². The normalized spacial score (nSPS) is 11.8. The SMILES string of the molecule is Cc1nc(NCc2ccc(S(C)(=O)=O)c(C)c2)c2c(C)csc2n1. The van der Waals surface area contributed by atoms with Crippen LogP contribution in [-0.2, 0) is 16.4 Å². The van der Waals surface area contributed by atoms with Gasteiger partial charge in [0, 0.05) is 12.8 Å². The Bertz CT molecular complexity index is 1020. The molecule has 0 fully saturated rings. The monoisotopic (exact) mass is 361 g/mol. The van der Waals surface area contributed by atoms with Gasteiger partial charge < -0.3 is 5.32 Å². The Morgan fingerprint density at radius 3 is 2.54 bits per heavy atom. The predicted octanol–water partition coefficient (Wildman–Crippen LogP) is 3.63. The summed E-state index contributed by atoms with van der Waals surface area (Å²) >= 11 is 1.61. The van der Waals surface area contributed by atoms with Crippen molar-refractivity contribution < 1.29 is 8.42 Å². The van der Waals surface area contributed by atoms with E-state index in [1.807, 2.05) is 32.9 Å². The Kier molecular flexibility index (Phi) is 4.31. The molecule has 2 aromatic heterocycles. The minimum absolute atomic E-state index is 0.375. The van der Waals surface area contributed by atoms with E-state index in [4.69, 9.17) is 0 Å². The van der Waals surface area contributed by atoms with Gasteiger partial charge in [0.2, 0.25) is 0 Å². The van der Waals surface area contributed by atoms with E-state index in [-0.39, 0.29) is 0 Å². The van der Waals surface area contributed by atoms with E-state index >= 15 is 0 Å². The van der Waals surface area contributed by atoms with Gasteiger partial charge in [0.15, 0.2) is 9.84 Å². The fraction of sp³-hybridized carbons (Fsp3) is 0.294. The molecule has 0 saturated carbocycles. The van der Waals surface area contributed by atoms with Gasteiger partial charge in [0.05, 0.1) is 10.3 Å². The zero-order chi connectivity index (χ0) is 17.5. The van der Waals surface area contributed by atoms with E-state index in [1.165, 1.54) is 6.26 Å². The molecule has 126 valence electrons. The Morgan fingerprint density at radius 2 is 1.88 bits per heavy atom. The number of anilines is 1.